The Balaban J connectivity index is 2.19. The summed E-state index contributed by atoms with van der Waals surface area (Å²) in [5.41, 5.74) is 1.58. The van der Waals surface area contributed by atoms with Crippen molar-refractivity contribution in [2.45, 2.75) is 25.9 Å². The van der Waals surface area contributed by atoms with E-state index >= 15 is 0 Å². The molecule has 1 aromatic heterocycles. The molecule has 17 heavy (non-hydrogen) atoms. The number of aromatic nitrogens is 1. The fourth-order valence-electron chi connectivity index (χ4n) is 2.29. The SMILES string of the molecule is CC1C(C)N(c2ccc(C#N)nc2)CCN1C. The molecule has 0 saturated carbocycles. The van der Waals surface area contributed by atoms with Crippen molar-refractivity contribution in [2.24, 2.45) is 0 Å². The molecule has 0 spiro atoms. The van der Waals surface area contributed by atoms with E-state index in [1.165, 1.54) is 0 Å². The molecule has 1 fully saturated rings. The van der Waals surface area contributed by atoms with Crippen LogP contribution in [0.25, 0.3) is 0 Å². The van der Waals surface area contributed by atoms with E-state index in [-0.39, 0.29) is 0 Å². The summed E-state index contributed by atoms with van der Waals surface area (Å²) in [4.78, 5) is 8.87. The van der Waals surface area contributed by atoms with Crippen molar-refractivity contribution in [2.75, 3.05) is 25.0 Å². The first kappa shape index (κ1) is 11.9. The van der Waals surface area contributed by atoms with Crippen molar-refractivity contribution in [3.05, 3.63) is 24.0 Å². The van der Waals surface area contributed by atoms with Crippen LogP contribution in [-0.4, -0.2) is 42.1 Å². The van der Waals surface area contributed by atoms with Gasteiger partial charge in [0.15, 0.2) is 0 Å². The Morgan fingerprint density at radius 1 is 1.29 bits per heavy atom. The molecule has 2 rings (SSSR count). The zero-order valence-corrected chi connectivity index (χ0v) is 10.6. The first-order valence-electron chi connectivity index (χ1n) is 5.96. The maximum atomic E-state index is 8.73. The van der Waals surface area contributed by atoms with Crippen LogP contribution < -0.4 is 4.90 Å². The van der Waals surface area contributed by atoms with Gasteiger partial charge >= 0.3 is 0 Å². The van der Waals surface area contributed by atoms with Crippen molar-refractivity contribution < 1.29 is 0 Å². The second-order valence-corrected chi connectivity index (χ2v) is 4.67. The van der Waals surface area contributed by atoms with Crippen LogP contribution in [0.15, 0.2) is 18.3 Å². The normalized spacial score (nSPS) is 25.6. The molecule has 0 bridgehead atoms. The fraction of sp³-hybridized carbons (Fsp3) is 0.538. The Morgan fingerprint density at radius 3 is 2.65 bits per heavy atom. The standard InChI is InChI=1S/C13H18N4/c1-10-11(2)17(7-6-16(10)3)13-5-4-12(8-14)15-9-13/h4-5,9-11H,6-7H2,1-3H3. The van der Waals surface area contributed by atoms with Crippen LogP contribution in [0.4, 0.5) is 5.69 Å². The molecule has 2 atom stereocenters. The number of nitriles is 1. The Labute approximate surface area is 102 Å². The van der Waals surface area contributed by atoms with Gasteiger partial charge in [-0.2, -0.15) is 5.26 Å². The number of piperazine rings is 1. The molecule has 4 heteroatoms. The lowest BCUT2D eigenvalue weighted by Gasteiger charge is -2.44. The number of pyridine rings is 1. The lowest BCUT2D eigenvalue weighted by molar-refractivity contribution is 0.196. The molecule has 1 aromatic rings. The largest absolute Gasteiger partial charge is 0.365 e. The monoisotopic (exact) mass is 230 g/mol. The molecule has 1 aliphatic heterocycles. The van der Waals surface area contributed by atoms with Gasteiger partial charge in [-0.1, -0.05) is 0 Å². The molecule has 0 aromatic carbocycles. The highest BCUT2D eigenvalue weighted by Crippen LogP contribution is 2.22. The molecule has 0 amide bonds. The third-order valence-corrected chi connectivity index (χ3v) is 3.77. The molecule has 90 valence electrons. The third-order valence-electron chi connectivity index (χ3n) is 3.77. The first-order chi connectivity index (χ1) is 8.13. The third kappa shape index (κ3) is 2.25. The average molecular weight is 230 g/mol. The average Bonchev–Trinajstić information content (AvgIpc) is 2.36. The van der Waals surface area contributed by atoms with E-state index in [1.807, 2.05) is 12.1 Å². The molecule has 0 N–H and O–H groups in total. The number of rotatable bonds is 1. The second kappa shape index (κ2) is 4.72. The van der Waals surface area contributed by atoms with Crippen LogP contribution >= 0.6 is 0 Å². The Morgan fingerprint density at radius 2 is 2.06 bits per heavy atom. The van der Waals surface area contributed by atoms with Gasteiger partial charge in [0.25, 0.3) is 0 Å². The molecule has 1 aliphatic rings. The summed E-state index contributed by atoms with van der Waals surface area (Å²) < 4.78 is 0. The van der Waals surface area contributed by atoms with E-state index in [9.17, 15) is 0 Å². The molecule has 2 unspecified atom stereocenters. The summed E-state index contributed by atoms with van der Waals surface area (Å²) >= 11 is 0. The summed E-state index contributed by atoms with van der Waals surface area (Å²) in [7, 11) is 2.16. The van der Waals surface area contributed by atoms with Crippen molar-refractivity contribution in [1.29, 1.82) is 5.26 Å². The quantitative estimate of drug-likeness (QED) is 0.733. The lowest BCUT2D eigenvalue weighted by Crippen LogP contribution is -2.56. The van der Waals surface area contributed by atoms with Crippen molar-refractivity contribution in [3.63, 3.8) is 0 Å². The minimum Gasteiger partial charge on any atom is -0.365 e. The summed E-state index contributed by atoms with van der Waals surface area (Å²) in [6.45, 7) is 6.55. The summed E-state index contributed by atoms with van der Waals surface area (Å²) in [6, 6.07) is 6.80. The van der Waals surface area contributed by atoms with Gasteiger partial charge in [-0.3, -0.25) is 4.90 Å². The van der Waals surface area contributed by atoms with E-state index in [0.717, 1.165) is 18.8 Å². The van der Waals surface area contributed by atoms with Gasteiger partial charge in [0.05, 0.1) is 11.9 Å². The van der Waals surface area contributed by atoms with E-state index < -0.39 is 0 Å². The number of hydrogen-bond donors (Lipinski definition) is 0. The van der Waals surface area contributed by atoms with E-state index in [1.54, 1.807) is 12.3 Å². The minimum absolute atomic E-state index is 0.462. The smallest absolute Gasteiger partial charge is 0.140 e. The number of likely N-dealkylation sites (N-methyl/N-ethyl adjacent to an activating group) is 1. The van der Waals surface area contributed by atoms with Crippen molar-refractivity contribution in [3.8, 4) is 6.07 Å². The molecular formula is C13H18N4. The van der Waals surface area contributed by atoms with Crippen LogP contribution in [-0.2, 0) is 0 Å². The minimum atomic E-state index is 0.462. The van der Waals surface area contributed by atoms with Gasteiger partial charge in [-0.05, 0) is 33.0 Å². The van der Waals surface area contributed by atoms with Crippen LogP contribution in [0.3, 0.4) is 0 Å². The topological polar surface area (TPSA) is 43.2 Å². The highest BCUT2D eigenvalue weighted by molar-refractivity contribution is 5.47. The Bertz CT molecular complexity index is 420. The van der Waals surface area contributed by atoms with Gasteiger partial charge in [0.2, 0.25) is 0 Å². The Hall–Kier alpha value is -1.60. The predicted molar refractivity (Wildman–Crippen MR) is 67.9 cm³/mol. The summed E-state index contributed by atoms with van der Waals surface area (Å²) in [6.07, 6.45) is 1.80. The van der Waals surface area contributed by atoms with E-state index in [2.05, 4.69) is 35.7 Å². The van der Waals surface area contributed by atoms with Gasteiger partial charge < -0.3 is 4.90 Å². The van der Waals surface area contributed by atoms with E-state index in [0.29, 0.717) is 17.8 Å². The second-order valence-electron chi connectivity index (χ2n) is 4.67. The van der Waals surface area contributed by atoms with Crippen LogP contribution in [0.2, 0.25) is 0 Å². The van der Waals surface area contributed by atoms with E-state index in [4.69, 9.17) is 5.26 Å². The Kier molecular flexibility index (Phi) is 3.30. The summed E-state index contributed by atoms with van der Waals surface area (Å²) in [5.74, 6) is 0. The number of nitrogens with zero attached hydrogens (tertiary/aromatic N) is 4. The summed E-state index contributed by atoms with van der Waals surface area (Å²) in [5, 5.41) is 8.73. The van der Waals surface area contributed by atoms with Gasteiger partial charge in [0, 0.05) is 25.2 Å². The highest BCUT2D eigenvalue weighted by atomic mass is 15.3. The maximum Gasteiger partial charge on any atom is 0.140 e. The fourth-order valence-corrected chi connectivity index (χ4v) is 2.29. The zero-order chi connectivity index (χ0) is 12.4. The van der Waals surface area contributed by atoms with Crippen LogP contribution in [0.1, 0.15) is 19.5 Å². The molecule has 2 heterocycles. The van der Waals surface area contributed by atoms with Crippen molar-refractivity contribution in [1.82, 2.24) is 9.88 Å². The van der Waals surface area contributed by atoms with Gasteiger partial charge in [-0.15, -0.1) is 0 Å². The molecule has 1 saturated heterocycles. The van der Waals surface area contributed by atoms with Crippen LogP contribution in [0.5, 0.6) is 0 Å². The van der Waals surface area contributed by atoms with Crippen molar-refractivity contribution >= 4 is 5.69 Å². The number of hydrogen-bond acceptors (Lipinski definition) is 4. The molecule has 0 aliphatic carbocycles. The zero-order valence-electron chi connectivity index (χ0n) is 10.6. The first-order valence-corrected chi connectivity index (χ1v) is 5.96. The lowest BCUT2D eigenvalue weighted by atomic mass is 10.0. The van der Waals surface area contributed by atoms with Crippen LogP contribution in [0, 0.1) is 11.3 Å². The molecule has 4 nitrogen and oxygen atoms in total. The molecule has 0 radical (unpaired) electrons. The number of anilines is 1. The maximum absolute atomic E-state index is 8.73. The highest BCUT2D eigenvalue weighted by Gasteiger charge is 2.28. The predicted octanol–water partition coefficient (Wildman–Crippen LogP) is 1.48. The molecular weight excluding hydrogens is 212 g/mol. The van der Waals surface area contributed by atoms with Gasteiger partial charge in [0.1, 0.15) is 11.8 Å². The van der Waals surface area contributed by atoms with Gasteiger partial charge in [-0.25, -0.2) is 4.98 Å².